The minimum absolute atomic E-state index is 0.0486. The van der Waals surface area contributed by atoms with Crippen molar-refractivity contribution in [3.8, 4) is 0 Å². The van der Waals surface area contributed by atoms with Crippen molar-refractivity contribution in [2.45, 2.75) is 19.4 Å². The summed E-state index contributed by atoms with van der Waals surface area (Å²) in [6.07, 6.45) is 2.03. The summed E-state index contributed by atoms with van der Waals surface area (Å²) < 4.78 is 5.99. The van der Waals surface area contributed by atoms with Crippen LogP contribution in [0.1, 0.15) is 17.7 Å². The lowest BCUT2D eigenvalue weighted by molar-refractivity contribution is -0.147. The van der Waals surface area contributed by atoms with E-state index in [0.29, 0.717) is 0 Å². The van der Waals surface area contributed by atoms with E-state index >= 15 is 0 Å². The SMILES string of the molecule is COC(=O)C1CCCN(Cc2sccc2Br)C1. The highest BCUT2D eigenvalue weighted by Gasteiger charge is 2.26. The van der Waals surface area contributed by atoms with E-state index in [9.17, 15) is 4.79 Å². The van der Waals surface area contributed by atoms with E-state index in [1.807, 2.05) is 0 Å². The van der Waals surface area contributed by atoms with Gasteiger partial charge >= 0.3 is 5.97 Å². The lowest BCUT2D eigenvalue weighted by Gasteiger charge is -2.30. The zero-order valence-electron chi connectivity index (χ0n) is 9.82. The fourth-order valence-electron chi connectivity index (χ4n) is 2.20. The molecule has 1 aromatic rings. The van der Waals surface area contributed by atoms with E-state index in [0.717, 1.165) is 32.5 Å². The largest absolute Gasteiger partial charge is 0.469 e. The second kappa shape index (κ2) is 5.98. The zero-order valence-corrected chi connectivity index (χ0v) is 12.2. The van der Waals surface area contributed by atoms with Crippen LogP contribution in [0.15, 0.2) is 15.9 Å². The molecule has 3 nitrogen and oxygen atoms in total. The van der Waals surface area contributed by atoms with Crippen LogP contribution >= 0.6 is 27.3 Å². The monoisotopic (exact) mass is 317 g/mol. The molecule has 0 aliphatic carbocycles. The predicted molar refractivity (Wildman–Crippen MR) is 72.0 cm³/mol. The van der Waals surface area contributed by atoms with Crippen LogP contribution in [0.25, 0.3) is 0 Å². The minimum Gasteiger partial charge on any atom is -0.469 e. The first kappa shape index (κ1) is 13.1. The molecule has 2 rings (SSSR count). The number of ether oxygens (including phenoxy) is 1. The van der Waals surface area contributed by atoms with Crippen molar-refractivity contribution in [3.05, 3.63) is 20.8 Å². The molecule has 0 aromatic carbocycles. The van der Waals surface area contributed by atoms with Crippen molar-refractivity contribution in [2.24, 2.45) is 5.92 Å². The number of nitrogens with zero attached hydrogens (tertiary/aromatic N) is 1. The molecule has 0 N–H and O–H groups in total. The number of esters is 1. The fourth-order valence-corrected chi connectivity index (χ4v) is 3.72. The quantitative estimate of drug-likeness (QED) is 0.803. The Morgan fingerprint density at radius 3 is 3.18 bits per heavy atom. The molecule has 0 radical (unpaired) electrons. The van der Waals surface area contributed by atoms with Crippen LogP contribution in [0.4, 0.5) is 0 Å². The molecule has 0 spiro atoms. The van der Waals surface area contributed by atoms with Crippen LogP contribution < -0.4 is 0 Å². The van der Waals surface area contributed by atoms with Crippen molar-refractivity contribution in [1.82, 2.24) is 4.90 Å². The maximum Gasteiger partial charge on any atom is 0.309 e. The average molecular weight is 318 g/mol. The van der Waals surface area contributed by atoms with Gasteiger partial charge in [0.1, 0.15) is 0 Å². The third kappa shape index (κ3) is 3.30. The number of carbonyl (C=O) groups is 1. The van der Waals surface area contributed by atoms with Gasteiger partial charge in [0.05, 0.1) is 13.0 Å². The summed E-state index contributed by atoms with van der Waals surface area (Å²) in [5, 5.41) is 2.08. The Hall–Kier alpha value is -0.390. The maximum atomic E-state index is 11.5. The molecule has 5 heteroatoms. The van der Waals surface area contributed by atoms with Crippen LogP contribution in [-0.4, -0.2) is 31.1 Å². The van der Waals surface area contributed by atoms with Crippen LogP contribution in [0, 0.1) is 5.92 Å². The summed E-state index contributed by atoms with van der Waals surface area (Å²) in [5.41, 5.74) is 0. The molecular formula is C12H16BrNO2S. The normalized spacial score (nSPS) is 21.4. The number of carbonyl (C=O) groups excluding carboxylic acids is 1. The third-order valence-electron chi connectivity index (χ3n) is 3.10. The maximum absolute atomic E-state index is 11.5. The fraction of sp³-hybridized carbons (Fsp3) is 0.583. The molecule has 1 aliphatic rings. The van der Waals surface area contributed by atoms with Gasteiger partial charge in [-0.05, 0) is 46.8 Å². The molecule has 1 fully saturated rings. The summed E-state index contributed by atoms with van der Waals surface area (Å²) in [4.78, 5) is 15.2. The first-order valence-corrected chi connectivity index (χ1v) is 7.40. The molecule has 17 heavy (non-hydrogen) atoms. The second-order valence-electron chi connectivity index (χ2n) is 4.29. The Balaban J connectivity index is 1.94. The molecular weight excluding hydrogens is 302 g/mol. The van der Waals surface area contributed by atoms with E-state index in [1.165, 1.54) is 16.5 Å². The van der Waals surface area contributed by atoms with Crippen molar-refractivity contribution in [3.63, 3.8) is 0 Å². The van der Waals surface area contributed by atoms with Gasteiger partial charge in [0, 0.05) is 22.4 Å². The van der Waals surface area contributed by atoms with Crippen LogP contribution in [0.2, 0.25) is 0 Å². The van der Waals surface area contributed by atoms with Crippen LogP contribution in [-0.2, 0) is 16.1 Å². The number of halogens is 1. The molecule has 1 aliphatic heterocycles. The zero-order chi connectivity index (χ0) is 12.3. The van der Waals surface area contributed by atoms with Gasteiger partial charge in [-0.15, -0.1) is 11.3 Å². The average Bonchev–Trinajstić information content (AvgIpc) is 2.74. The van der Waals surface area contributed by atoms with Gasteiger partial charge in [-0.25, -0.2) is 0 Å². The van der Waals surface area contributed by atoms with Gasteiger partial charge < -0.3 is 4.74 Å². The Labute approximate surface area is 114 Å². The summed E-state index contributed by atoms with van der Waals surface area (Å²) in [6.45, 7) is 2.81. The van der Waals surface area contributed by atoms with Crippen LogP contribution in [0.3, 0.4) is 0 Å². The highest BCUT2D eigenvalue weighted by atomic mass is 79.9. The second-order valence-corrected chi connectivity index (χ2v) is 6.14. The summed E-state index contributed by atoms with van der Waals surface area (Å²) in [5.74, 6) is -0.0209. The number of thiophene rings is 1. The van der Waals surface area contributed by atoms with Gasteiger partial charge in [0.25, 0.3) is 0 Å². The Morgan fingerprint density at radius 1 is 1.71 bits per heavy atom. The van der Waals surface area contributed by atoms with Crippen LogP contribution in [0.5, 0.6) is 0 Å². The molecule has 1 saturated heterocycles. The number of hydrogen-bond acceptors (Lipinski definition) is 4. The molecule has 0 bridgehead atoms. The van der Waals surface area contributed by atoms with Crippen molar-refractivity contribution in [2.75, 3.05) is 20.2 Å². The lowest BCUT2D eigenvalue weighted by Crippen LogP contribution is -2.38. The standard InChI is InChI=1S/C12H16BrNO2S/c1-16-12(15)9-3-2-5-14(7-9)8-11-10(13)4-6-17-11/h4,6,9H,2-3,5,7-8H2,1H3. The van der Waals surface area contributed by atoms with E-state index < -0.39 is 0 Å². The van der Waals surface area contributed by atoms with Crippen molar-refractivity contribution in [1.29, 1.82) is 0 Å². The first-order chi connectivity index (χ1) is 8.20. The van der Waals surface area contributed by atoms with Gasteiger partial charge in [-0.1, -0.05) is 0 Å². The minimum atomic E-state index is -0.0695. The molecule has 1 unspecified atom stereocenters. The smallest absolute Gasteiger partial charge is 0.309 e. The van der Waals surface area contributed by atoms with Gasteiger partial charge in [-0.2, -0.15) is 0 Å². The first-order valence-electron chi connectivity index (χ1n) is 5.72. The predicted octanol–water partition coefficient (Wildman–Crippen LogP) is 2.90. The summed E-state index contributed by atoms with van der Waals surface area (Å²) in [7, 11) is 1.47. The Kier molecular flexibility index (Phi) is 4.59. The number of hydrogen-bond donors (Lipinski definition) is 0. The highest BCUT2D eigenvalue weighted by Crippen LogP contribution is 2.26. The van der Waals surface area contributed by atoms with Gasteiger partial charge in [0.15, 0.2) is 0 Å². The topological polar surface area (TPSA) is 29.5 Å². The molecule has 2 heterocycles. The lowest BCUT2D eigenvalue weighted by atomic mass is 9.98. The summed E-state index contributed by atoms with van der Waals surface area (Å²) in [6, 6.07) is 2.07. The molecule has 1 atom stereocenters. The number of likely N-dealkylation sites (tertiary alicyclic amines) is 1. The molecule has 94 valence electrons. The van der Waals surface area contributed by atoms with E-state index in [4.69, 9.17) is 4.74 Å². The molecule has 1 aromatic heterocycles. The Bertz CT molecular complexity index is 394. The third-order valence-corrected chi connectivity index (χ3v) is 5.01. The van der Waals surface area contributed by atoms with Gasteiger partial charge in [0.2, 0.25) is 0 Å². The number of piperidine rings is 1. The Morgan fingerprint density at radius 2 is 2.53 bits per heavy atom. The number of rotatable bonds is 3. The highest BCUT2D eigenvalue weighted by molar-refractivity contribution is 9.10. The van der Waals surface area contributed by atoms with Gasteiger partial charge in [-0.3, -0.25) is 9.69 Å². The van der Waals surface area contributed by atoms with E-state index in [1.54, 1.807) is 11.3 Å². The van der Waals surface area contributed by atoms with Crippen molar-refractivity contribution < 1.29 is 9.53 Å². The van der Waals surface area contributed by atoms with Crippen molar-refractivity contribution >= 4 is 33.2 Å². The number of methoxy groups -OCH3 is 1. The van der Waals surface area contributed by atoms with E-state index in [-0.39, 0.29) is 11.9 Å². The summed E-state index contributed by atoms with van der Waals surface area (Å²) >= 11 is 5.30. The molecule has 0 saturated carbocycles. The van der Waals surface area contributed by atoms with E-state index in [2.05, 4.69) is 32.3 Å². The molecule has 0 amide bonds.